The third-order valence-electron chi connectivity index (χ3n) is 4.36. The second kappa shape index (κ2) is 7.84. The van der Waals surface area contributed by atoms with Crippen molar-refractivity contribution in [3.63, 3.8) is 0 Å². The molecule has 0 fully saturated rings. The first-order valence-electron chi connectivity index (χ1n) is 8.12. The summed E-state index contributed by atoms with van der Waals surface area (Å²) in [6, 6.07) is 23.3. The normalized spacial score (nSPS) is 10.7. The largest absolute Gasteiger partial charge is 1.00 e. The summed E-state index contributed by atoms with van der Waals surface area (Å²) in [6.07, 6.45) is 0. The van der Waals surface area contributed by atoms with Gasteiger partial charge in [0.1, 0.15) is 5.75 Å². The average Bonchev–Trinajstić information content (AvgIpc) is 2.66. The SMILES string of the molecule is COCOc1ccc2ccccc2c1-c1c([O-])ccc2ccccc12.[Li+]. The standard InChI is InChI=1S/C22H18O3.Li/c1-24-14-25-20-13-11-16-7-3-5-9-18(16)22(20)21-17-8-4-2-6-15(17)10-12-19(21)23;/h2-13,23H,14H2,1H3;/q;+1/p-1. The molecule has 4 aromatic carbocycles. The van der Waals surface area contributed by atoms with E-state index in [0.717, 1.165) is 27.1 Å². The molecule has 26 heavy (non-hydrogen) atoms. The Labute approximate surface area is 164 Å². The molecule has 4 rings (SSSR count). The van der Waals surface area contributed by atoms with E-state index < -0.39 is 0 Å². The molecule has 0 bridgehead atoms. The average molecular weight is 336 g/mol. The van der Waals surface area contributed by atoms with Gasteiger partial charge in [0, 0.05) is 12.7 Å². The summed E-state index contributed by atoms with van der Waals surface area (Å²) in [5, 5.41) is 16.8. The van der Waals surface area contributed by atoms with Crippen LogP contribution < -0.4 is 28.7 Å². The van der Waals surface area contributed by atoms with Gasteiger partial charge in [0.2, 0.25) is 0 Å². The maximum absolute atomic E-state index is 12.8. The first-order chi connectivity index (χ1) is 12.3. The number of hydrogen-bond acceptors (Lipinski definition) is 3. The van der Waals surface area contributed by atoms with E-state index in [0.29, 0.717) is 11.3 Å². The number of benzene rings is 4. The third-order valence-corrected chi connectivity index (χ3v) is 4.36. The van der Waals surface area contributed by atoms with E-state index in [1.165, 1.54) is 0 Å². The number of methoxy groups -OCH3 is 1. The second-order valence-electron chi connectivity index (χ2n) is 5.87. The Kier molecular flexibility index (Phi) is 5.54. The molecular weight excluding hydrogens is 319 g/mol. The molecule has 0 aliphatic heterocycles. The molecule has 0 aliphatic rings. The Hall–Kier alpha value is -2.44. The van der Waals surface area contributed by atoms with Gasteiger partial charge in [-0.2, -0.15) is 0 Å². The van der Waals surface area contributed by atoms with E-state index in [4.69, 9.17) is 9.47 Å². The molecule has 0 saturated heterocycles. The van der Waals surface area contributed by atoms with Gasteiger partial charge in [-0.05, 0) is 33.2 Å². The molecule has 0 radical (unpaired) electrons. The van der Waals surface area contributed by atoms with Crippen LogP contribution in [0.25, 0.3) is 32.7 Å². The maximum Gasteiger partial charge on any atom is 1.00 e. The minimum atomic E-state index is -0.0164. The smallest absolute Gasteiger partial charge is 0.872 e. The molecule has 0 unspecified atom stereocenters. The minimum Gasteiger partial charge on any atom is -0.872 e. The van der Waals surface area contributed by atoms with E-state index in [1.54, 1.807) is 13.2 Å². The first-order valence-corrected chi connectivity index (χ1v) is 8.12. The molecule has 4 heteroatoms. The number of hydrogen-bond donors (Lipinski definition) is 0. The van der Waals surface area contributed by atoms with Crippen LogP contribution in [0.2, 0.25) is 0 Å². The summed E-state index contributed by atoms with van der Waals surface area (Å²) in [4.78, 5) is 0. The van der Waals surface area contributed by atoms with Gasteiger partial charge in [-0.25, -0.2) is 0 Å². The van der Waals surface area contributed by atoms with Gasteiger partial charge >= 0.3 is 18.9 Å². The van der Waals surface area contributed by atoms with Crippen molar-refractivity contribution in [1.29, 1.82) is 0 Å². The van der Waals surface area contributed by atoms with Crippen molar-refractivity contribution < 1.29 is 33.4 Å². The van der Waals surface area contributed by atoms with Gasteiger partial charge in [-0.3, -0.25) is 0 Å². The van der Waals surface area contributed by atoms with Crippen LogP contribution in [0.4, 0.5) is 0 Å². The predicted octanol–water partition coefficient (Wildman–Crippen LogP) is 1.72. The topological polar surface area (TPSA) is 41.5 Å². The Morgan fingerprint density at radius 3 is 1.96 bits per heavy atom. The van der Waals surface area contributed by atoms with Crippen molar-refractivity contribution >= 4 is 21.5 Å². The fourth-order valence-electron chi connectivity index (χ4n) is 3.26. The number of ether oxygens (including phenoxy) is 2. The zero-order valence-electron chi connectivity index (χ0n) is 14.9. The van der Waals surface area contributed by atoms with Crippen molar-refractivity contribution in [3.05, 3.63) is 72.8 Å². The molecule has 0 spiro atoms. The molecule has 0 atom stereocenters. The zero-order chi connectivity index (χ0) is 17.2. The van der Waals surface area contributed by atoms with Crippen LogP contribution in [-0.2, 0) is 4.74 Å². The monoisotopic (exact) mass is 336 g/mol. The van der Waals surface area contributed by atoms with Gasteiger partial charge in [-0.1, -0.05) is 66.7 Å². The molecule has 0 aliphatic carbocycles. The van der Waals surface area contributed by atoms with Crippen LogP contribution in [0.15, 0.2) is 72.8 Å². The summed E-state index contributed by atoms with van der Waals surface area (Å²) < 4.78 is 10.9. The van der Waals surface area contributed by atoms with E-state index in [1.807, 2.05) is 66.7 Å². The molecule has 0 N–H and O–H groups in total. The maximum atomic E-state index is 12.8. The zero-order valence-corrected chi connectivity index (χ0v) is 14.9. The first kappa shape index (κ1) is 18.4. The van der Waals surface area contributed by atoms with Gasteiger partial charge in [0.25, 0.3) is 0 Å². The fourth-order valence-corrected chi connectivity index (χ4v) is 3.26. The van der Waals surface area contributed by atoms with Crippen LogP contribution in [0.3, 0.4) is 0 Å². The van der Waals surface area contributed by atoms with Crippen LogP contribution in [0.1, 0.15) is 0 Å². The molecule has 3 nitrogen and oxygen atoms in total. The fraction of sp³-hybridized carbons (Fsp3) is 0.0909. The van der Waals surface area contributed by atoms with E-state index in [-0.39, 0.29) is 31.4 Å². The van der Waals surface area contributed by atoms with E-state index in [2.05, 4.69) is 0 Å². The number of rotatable bonds is 4. The van der Waals surface area contributed by atoms with Crippen LogP contribution in [-0.4, -0.2) is 13.9 Å². The molecule has 4 aromatic rings. The van der Waals surface area contributed by atoms with Gasteiger partial charge in [0.15, 0.2) is 6.79 Å². The van der Waals surface area contributed by atoms with Crippen molar-refractivity contribution in [2.75, 3.05) is 13.9 Å². The van der Waals surface area contributed by atoms with E-state index in [9.17, 15) is 5.11 Å². The van der Waals surface area contributed by atoms with Crippen LogP contribution in [0.5, 0.6) is 11.5 Å². The second-order valence-corrected chi connectivity index (χ2v) is 5.87. The molecule has 0 heterocycles. The Morgan fingerprint density at radius 1 is 0.731 bits per heavy atom. The van der Waals surface area contributed by atoms with Gasteiger partial charge in [0.05, 0.1) is 0 Å². The van der Waals surface area contributed by atoms with E-state index >= 15 is 0 Å². The van der Waals surface area contributed by atoms with Crippen molar-refractivity contribution in [2.45, 2.75) is 0 Å². The summed E-state index contributed by atoms with van der Waals surface area (Å²) in [6.45, 7) is 0.129. The predicted molar refractivity (Wildman–Crippen MR) is 98.8 cm³/mol. The molecule has 124 valence electrons. The van der Waals surface area contributed by atoms with Crippen molar-refractivity contribution in [3.8, 4) is 22.6 Å². The summed E-state index contributed by atoms with van der Waals surface area (Å²) >= 11 is 0. The quantitative estimate of drug-likeness (QED) is 0.421. The van der Waals surface area contributed by atoms with Gasteiger partial charge < -0.3 is 14.6 Å². The van der Waals surface area contributed by atoms with Gasteiger partial charge in [-0.15, -0.1) is 5.75 Å². The molecular formula is C22H17LiO3. The molecule has 0 saturated carbocycles. The Morgan fingerprint density at radius 2 is 1.31 bits per heavy atom. The molecule has 0 amide bonds. The molecule has 0 aromatic heterocycles. The van der Waals surface area contributed by atoms with Crippen LogP contribution >= 0.6 is 0 Å². The summed E-state index contributed by atoms with van der Waals surface area (Å²) in [5.41, 5.74) is 1.48. The Balaban J connectivity index is 0.00000196. The van der Waals surface area contributed by atoms with Crippen molar-refractivity contribution in [1.82, 2.24) is 0 Å². The third kappa shape index (κ3) is 3.18. The minimum absolute atomic E-state index is 0. The Bertz CT molecular complexity index is 1060. The van der Waals surface area contributed by atoms with Crippen molar-refractivity contribution in [2.24, 2.45) is 0 Å². The summed E-state index contributed by atoms with van der Waals surface area (Å²) in [5.74, 6) is 0.631. The van der Waals surface area contributed by atoms with Crippen LogP contribution in [0, 0.1) is 0 Å². The summed E-state index contributed by atoms with van der Waals surface area (Å²) in [7, 11) is 1.58. The number of fused-ring (bicyclic) bond motifs is 2.